The summed E-state index contributed by atoms with van der Waals surface area (Å²) in [6.45, 7) is 6.67. The van der Waals surface area contributed by atoms with Crippen molar-refractivity contribution in [1.29, 1.82) is 0 Å². The lowest BCUT2D eigenvalue weighted by Gasteiger charge is -2.18. The highest BCUT2D eigenvalue weighted by atomic mass is 16.6. The number of hydrogen-bond donors (Lipinski definition) is 0. The van der Waals surface area contributed by atoms with Crippen molar-refractivity contribution >= 4 is 17.9 Å². The quantitative estimate of drug-likeness (QED) is 0.0261. The van der Waals surface area contributed by atoms with Gasteiger partial charge in [0.25, 0.3) is 0 Å². The van der Waals surface area contributed by atoms with Crippen molar-refractivity contribution in [3.05, 3.63) is 36.5 Å². The van der Waals surface area contributed by atoms with Crippen LogP contribution < -0.4 is 0 Å². The minimum Gasteiger partial charge on any atom is -0.462 e. The van der Waals surface area contributed by atoms with Crippen LogP contribution in [-0.4, -0.2) is 37.2 Å². The van der Waals surface area contributed by atoms with Crippen molar-refractivity contribution in [2.75, 3.05) is 13.2 Å². The number of carbonyl (C=O) groups is 3. The third kappa shape index (κ3) is 68.4. The summed E-state index contributed by atoms with van der Waals surface area (Å²) in [6, 6.07) is 0. The lowest BCUT2D eigenvalue weighted by molar-refractivity contribution is -0.167. The van der Waals surface area contributed by atoms with Gasteiger partial charge in [-0.2, -0.15) is 0 Å². The zero-order valence-corrected chi connectivity index (χ0v) is 55.5. The molecule has 0 saturated heterocycles. The summed E-state index contributed by atoms with van der Waals surface area (Å²) in [5.41, 5.74) is 0. The van der Waals surface area contributed by atoms with Crippen molar-refractivity contribution < 1.29 is 28.6 Å². The van der Waals surface area contributed by atoms with Gasteiger partial charge in [0, 0.05) is 19.3 Å². The van der Waals surface area contributed by atoms with Crippen molar-refractivity contribution in [1.82, 2.24) is 0 Å². The van der Waals surface area contributed by atoms with Crippen molar-refractivity contribution in [3.8, 4) is 0 Å². The molecule has 0 amide bonds. The van der Waals surface area contributed by atoms with E-state index >= 15 is 0 Å². The molecule has 0 rings (SSSR count). The first kappa shape index (κ1) is 79.6. The Balaban J connectivity index is 4.17. The fourth-order valence-electron chi connectivity index (χ4n) is 11.3. The van der Waals surface area contributed by atoms with E-state index in [1.807, 2.05) is 0 Å². The van der Waals surface area contributed by atoms with Gasteiger partial charge in [0.15, 0.2) is 6.10 Å². The van der Waals surface area contributed by atoms with E-state index in [1.54, 1.807) is 0 Å². The first-order valence-corrected chi connectivity index (χ1v) is 37.0. The van der Waals surface area contributed by atoms with Gasteiger partial charge in [0.2, 0.25) is 0 Å². The molecule has 0 N–H and O–H groups in total. The standard InChI is InChI=1S/C76H142O6/c1-4-7-10-13-16-19-22-25-28-30-32-33-34-35-36-37-38-39-40-41-42-43-44-46-48-51-54-57-60-63-66-69-75(78)81-72-73(71-80-74(77)68-65-62-59-56-53-50-47-27-24-21-18-15-12-9-6-3)82-76(79)70-67-64-61-58-55-52-49-45-31-29-26-23-20-17-14-11-8-5-2/h18,21,27,29,31,47,73H,4-17,19-20,22-26,28,30,32-46,48-72H2,1-3H3/b21-18-,31-29-,47-27-. The van der Waals surface area contributed by atoms with Crippen LogP contribution in [0.2, 0.25) is 0 Å². The first-order chi connectivity index (χ1) is 40.5. The fraction of sp³-hybridized carbons (Fsp3) is 0.882. The summed E-state index contributed by atoms with van der Waals surface area (Å²) in [7, 11) is 0. The smallest absolute Gasteiger partial charge is 0.306 e. The van der Waals surface area contributed by atoms with Crippen LogP contribution in [0.3, 0.4) is 0 Å². The molecule has 0 bridgehead atoms. The summed E-state index contributed by atoms with van der Waals surface area (Å²) >= 11 is 0. The van der Waals surface area contributed by atoms with Crippen LogP contribution in [0.4, 0.5) is 0 Å². The predicted molar refractivity (Wildman–Crippen MR) is 358 cm³/mol. The Morgan fingerprint density at radius 3 is 0.707 bits per heavy atom. The predicted octanol–water partition coefficient (Wildman–Crippen LogP) is 25.5. The Hall–Kier alpha value is -2.37. The van der Waals surface area contributed by atoms with Crippen LogP contribution >= 0.6 is 0 Å². The monoisotopic (exact) mass is 1150 g/mol. The van der Waals surface area contributed by atoms with Gasteiger partial charge in [-0.3, -0.25) is 14.4 Å². The number of carbonyl (C=O) groups excluding carboxylic acids is 3. The van der Waals surface area contributed by atoms with Gasteiger partial charge >= 0.3 is 17.9 Å². The van der Waals surface area contributed by atoms with Gasteiger partial charge in [0.1, 0.15) is 13.2 Å². The lowest BCUT2D eigenvalue weighted by atomic mass is 10.0. The van der Waals surface area contributed by atoms with E-state index in [2.05, 4.69) is 57.2 Å². The van der Waals surface area contributed by atoms with Crippen LogP contribution in [0.15, 0.2) is 36.5 Å². The molecule has 1 unspecified atom stereocenters. The zero-order chi connectivity index (χ0) is 59.2. The molecule has 0 aromatic heterocycles. The number of unbranched alkanes of at least 4 members (excludes halogenated alkanes) is 52. The summed E-state index contributed by atoms with van der Waals surface area (Å²) in [5, 5.41) is 0. The highest BCUT2D eigenvalue weighted by molar-refractivity contribution is 5.71. The molecule has 82 heavy (non-hydrogen) atoms. The molecule has 0 spiro atoms. The first-order valence-electron chi connectivity index (χ1n) is 37.0. The molecule has 0 saturated carbocycles. The molecule has 0 aliphatic heterocycles. The maximum Gasteiger partial charge on any atom is 0.306 e. The molecule has 0 aromatic carbocycles. The second-order valence-electron chi connectivity index (χ2n) is 25.2. The van der Waals surface area contributed by atoms with Gasteiger partial charge in [-0.05, 0) is 77.0 Å². The zero-order valence-electron chi connectivity index (χ0n) is 55.5. The highest BCUT2D eigenvalue weighted by Crippen LogP contribution is 2.19. The minimum absolute atomic E-state index is 0.0739. The number of rotatable bonds is 69. The number of allylic oxidation sites excluding steroid dienone is 6. The average Bonchev–Trinajstić information content (AvgIpc) is 3.47. The average molecular weight is 1150 g/mol. The molecule has 0 aliphatic carbocycles. The number of esters is 3. The molecule has 0 radical (unpaired) electrons. The molecule has 1 atom stereocenters. The molecular weight excluding hydrogens is 1010 g/mol. The second kappa shape index (κ2) is 71.1. The van der Waals surface area contributed by atoms with Crippen LogP contribution in [0.1, 0.15) is 412 Å². The normalized spacial score (nSPS) is 12.2. The van der Waals surface area contributed by atoms with E-state index in [0.29, 0.717) is 19.3 Å². The fourth-order valence-corrected chi connectivity index (χ4v) is 11.3. The summed E-state index contributed by atoms with van der Waals surface area (Å²) in [4.78, 5) is 38.4. The molecular formula is C76H142O6. The highest BCUT2D eigenvalue weighted by Gasteiger charge is 2.19. The largest absolute Gasteiger partial charge is 0.462 e. The summed E-state index contributed by atoms with van der Waals surface area (Å²) in [6.07, 6.45) is 89.1. The molecule has 0 fully saturated rings. The van der Waals surface area contributed by atoms with Gasteiger partial charge < -0.3 is 14.2 Å². The Morgan fingerprint density at radius 2 is 0.439 bits per heavy atom. The second-order valence-corrected chi connectivity index (χ2v) is 25.2. The summed E-state index contributed by atoms with van der Waals surface area (Å²) < 4.78 is 17.0. The number of hydrogen-bond acceptors (Lipinski definition) is 6. The van der Waals surface area contributed by atoms with Gasteiger partial charge in [0.05, 0.1) is 0 Å². The minimum atomic E-state index is -0.780. The molecule has 482 valence electrons. The topological polar surface area (TPSA) is 78.9 Å². The molecule has 0 aromatic rings. The Morgan fingerprint density at radius 1 is 0.244 bits per heavy atom. The molecule has 6 nitrogen and oxygen atoms in total. The van der Waals surface area contributed by atoms with E-state index in [-0.39, 0.29) is 31.1 Å². The van der Waals surface area contributed by atoms with Gasteiger partial charge in [-0.1, -0.05) is 353 Å². The Kier molecular flexibility index (Phi) is 69.1. The number of ether oxygens (including phenoxy) is 3. The maximum absolute atomic E-state index is 12.9. The van der Waals surface area contributed by atoms with Crippen molar-refractivity contribution in [2.24, 2.45) is 0 Å². The van der Waals surface area contributed by atoms with E-state index < -0.39 is 6.10 Å². The van der Waals surface area contributed by atoms with E-state index in [9.17, 15) is 14.4 Å². The van der Waals surface area contributed by atoms with E-state index in [4.69, 9.17) is 14.2 Å². The van der Waals surface area contributed by atoms with Crippen LogP contribution in [0, 0.1) is 0 Å². The van der Waals surface area contributed by atoms with Crippen molar-refractivity contribution in [2.45, 2.75) is 419 Å². The SMILES string of the molecule is CCCCC/C=C\C/C=C\CCCCCCCC(=O)OCC(COC(=O)CCCCCCCCCCCCCCCCCCCCCCCCCCCCCCCCC)OC(=O)CCCCCCCCC/C=C\CCCCCCCCC. The van der Waals surface area contributed by atoms with Crippen LogP contribution in [0.25, 0.3) is 0 Å². The van der Waals surface area contributed by atoms with Gasteiger partial charge in [-0.25, -0.2) is 0 Å². The van der Waals surface area contributed by atoms with E-state index in [1.165, 1.54) is 295 Å². The summed E-state index contributed by atoms with van der Waals surface area (Å²) in [5.74, 6) is -0.864. The van der Waals surface area contributed by atoms with E-state index in [0.717, 1.165) is 77.0 Å². The van der Waals surface area contributed by atoms with Crippen LogP contribution in [0.5, 0.6) is 0 Å². The lowest BCUT2D eigenvalue weighted by Crippen LogP contribution is -2.30. The maximum atomic E-state index is 12.9. The third-order valence-electron chi connectivity index (χ3n) is 16.9. The molecule has 0 aliphatic rings. The molecule has 6 heteroatoms. The van der Waals surface area contributed by atoms with Gasteiger partial charge in [-0.15, -0.1) is 0 Å². The Labute approximate surface area is 512 Å². The van der Waals surface area contributed by atoms with Crippen molar-refractivity contribution in [3.63, 3.8) is 0 Å². The Bertz CT molecular complexity index is 1370. The third-order valence-corrected chi connectivity index (χ3v) is 16.9. The van der Waals surface area contributed by atoms with Crippen LogP contribution in [-0.2, 0) is 28.6 Å². The molecule has 0 heterocycles.